The Balaban J connectivity index is 2.02. The molecule has 6 heteroatoms. The number of benzene rings is 2. The molecule has 0 saturated carbocycles. The summed E-state index contributed by atoms with van der Waals surface area (Å²) in [4.78, 5) is 36.9. The molecule has 2 aromatic rings. The number of anilines is 1. The SMILES string of the molecule is CC(=O)c1cccc(NC(=O)CN(Cc2ccc(Cl)cc2)C(C)=O)c1. The largest absolute Gasteiger partial charge is 0.329 e. The van der Waals surface area contributed by atoms with Crippen LogP contribution >= 0.6 is 11.6 Å². The second kappa shape index (κ2) is 8.44. The Bertz CT molecular complexity index is 788. The summed E-state index contributed by atoms with van der Waals surface area (Å²) in [5, 5.41) is 3.32. The minimum absolute atomic E-state index is 0.0794. The molecule has 0 aliphatic carbocycles. The minimum Gasteiger partial charge on any atom is -0.329 e. The summed E-state index contributed by atoms with van der Waals surface area (Å²) in [6, 6.07) is 13.8. The molecular formula is C19H19ClN2O3. The van der Waals surface area contributed by atoms with E-state index in [1.165, 1.54) is 18.7 Å². The van der Waals surface area contributed by atoms with E-state index in [2.05, 4.69) is 5.32 Å². The first-order valence-corrected chi connectivity index (χ1v) is 8.14. The fourth-order valence-corrected chi connectivity index (χ4v) is 2.40. The van der Waals surface area contributed by atoms with Crippen molar-refractivity contribution in [2.45, 2.75) is 20.4 Å². The van der Waals surface area contributed by atoms with Crippen molar-refractivity contribution in [3.8, 4) is 0 Å². The van der Waals surface area contributed by atoms with E-state index < -0.39 is 0 Å². The zero-order valence-corrected chi connectivity index (χ0v) is 14.8. The van der Waals surface area contributed by atoms with Gasteiger partial charge in [-0.25, -0.2) is 0 Å². The summed E-state index contributed by atoms with van der Waals surface area (Å²) in [5.41, 5.74) is 1.92. The third-order valence-corrected chi connectivity index (χ3v) is 3.87. The molecule has 0 fully saturated rings. The van der Waals surface area contributed by atoms with E-state index in [0.29, 0.717) is 22.8 Å². The average molecular weight is 359 g/mol. The lowest BCUT2D eigenvalue weighted by Crippen LogP contribution is -2.36. The fraction of sp³-hybridized carbons (Fsp3) is 0.211. The predicted molar refractivity (Wildman–Crippen MR) is 97.6 cm³/mol. The highest BCUT2D eigenvalue weighted by Crippen LogP contribution is 2.13. The van der Waals surface area contributed by atoms with Crippen LogP contribution in [0.4, 0.5) is 5.69 Å². The van der Waals surface area contributed by atoms with Gasteiger partial charge in [-0.05, 0) is 36.8 Å². The lowest BCUT2D eigenvalue weighted by atomic mass is 10.1. The number of Topliss-reactive ketones (excluding diaryl/α,β-unsaturated/α-hetero) is 1. The number of hydrogen-bond donors (Lipinski definition) is 1. The lowest BCUT2D eigenvalue weighted by molar-refractivity contribution is -0.133. The van der Waals surface area contributed by atoms with Gasteiger partial charge in [-0.2, -0.15) is 0 Å². The summed E-state index contributed by atoms with van der Waals surface area (Å²) in [6.45, 7) is 3.11. The monoisotopic (exact) mass is 358 g/mol. The Morgan fingerprint density at radius 2 is 1.72 bits per heavy atom. The highest BCUT2D eigenvalue weighted by Gasteiger charge is 2.14. The molecule has 0 aliphatic rings. The molecule has 25 heavy (non-hydrogen) atoms. The zero-order chi connectivity index (χ0) is 18.4. The van der Waals surface area contributed by atoms with Crippen molar-refractivity contribution in [2.75, 3.05) is 11.9 Å². The summed E-state index contributed by atoms with van der Waals surface area (Å²) in [6.07, 6.45) is 0. The Morgan fingerprint density at radius 1 is 1.04 bits per heavy atom. The second-order valence-corrected chi connectivity index (χ2v) is 6.12. The molecule has 0 spiro atoms. The number of carbonyl (C=O) groups is 3. The number of halogens is 1. The van der Waals surface area contributed by atoms with Crippen molar-refractivity contribution in [3.63, 3.8) is 0 Å². The third-order valence-electron chi connectivity index (χ3n) is 3.62. The number of hydrogen-bond acceptors (Lipinski definition) is 3. The van der Waals surface area contributed by atoms with Crippen molar-refractivity contribution >= 4 is 34.9 Å². The summed E-state index contributed by atoms with van der Waals surface area (Å²) in [7, 11) is 0. The van der Waals surface area contributed by atoms with Crippen LogP contribution in [0.1, 0.15) is 29.8 Å². The molecule has 1 N–H and O–H groups in total. The second-order valence-electron chi connectivity index (χ2n) is 5.69. The molecule has 2 amide bonds. The maximum Gasteiger partial charge on any atom is 0.244 e. The van der Waals surface area contributed by atoms with Crippen molar-refractivity contribution in [3.05, 3.63) is 64.7 Å². The first-order chi connectivity index (χ1) is 11.8. The van der Waals surface area contributed by atoms with Gasteiger partial charge in [0.25, 0.3) is 0 Å². The molecule has 0 radical (unpaired) electrons. The Hall–Kier alpha value is -2.66. The first kappa shape index (κ1) is 18.7. The van der Waals surface area contributed by atoms with Crippen LogP contribution in [0.2, 0.25) is 5.02 Å². The molecule has 0 saturated heterocycles. The Morgan fingerprint density at radius 3 is 2.32 bits per heavy atom. The molecular weight excluding hydrogens is 340 g/mol. The number of ketones is 1. The van der Waals surface area contributed by atoms with E-state index in [-0.39, 0.29) is 24.1 Å². The smallest absolute Gasteiger partial charge is 0.244 e. The van der Waals surface area contributed by atoms with Crippen LogP contribution in [0.3, 0.4) is 0 Å². The van der Waals surface area contributed by atoms with Crippen LogP contribution < -0.4 is 5.32 Å². The molecule has 0 bridgehead atoms. The van der Waals surface area contributed by atoms with E-state index >= 15 is 0 Å². The quantitative estimate of drug-likeness (QED) is 0.803. The van der Waals surface area contributed by atoms with Crippen LogP contribution in [0.25, 0.3) is 0 Å². The van der Waals surface area contributed by atoms with Gasteiger partial charge in [0.05, 0.1) is 0 Å². The number of nitrogens with one attached hydrogen (secondary N) is 1. The minimum atomic E-state index is -0.329. The summed E-state index contributed by atoms with van der Waals surface area (Å²) >= 11 is 5.85. The van der Waals surface area contributed by atoms with Gasteiger partial charge in [-0.15, -0.1) is 0 Å². The van der Waals surface area contributed by atoms with Gasteiger partial charge in [-0.1, -0.05) is 35.9 Å². The molecule has 0 aromatic heterocycles. The topological polar surface area (TPSA) is 66.5 Å². The maximum atomic E-state index is 12.2. The van der Waals surface area contributed by atoms with Crippen molar-refractivity contribution in [1.29, 1.82) is 0 Å². The summed E-state index contributed by atoms with van der Waals surface area (Å²) in [5.74, 6) is -0.614. The Kier molecular flexibility index (Phi) is 6.31. The van der Waals surface area contributed by atoms with E-state index in [1.807, 2.05) is 12.1 Å². The van der Waals surface area contributed by atoms with Gasteiger partial charge in [-0.3, -0.25) is 14.4 Å². The molecule has 2 aromatic carbocycles. The van der Waals surface area contributed by atoms with Gasteiger partial charge < -0.3 is 10.2 Å². The van der Waals surface area contributed by atoms with Crippen LogP contribution in [0.15, 0.2) is 48.5 Å². The molecule has 0 unspecified atom stereocenters. The van der Waals surface area contributed by atoms with E-state index in [1.54, 1.807) is 36.4 Å². The van der Waals surface area contributed by atoms with Crippen LogP contribution in [0.5, 0.6) is 0 Å². The molecule has 5 nitrogen and oxygen atoms in total. The first-order valence-electron chi connectivity index (χ1n) is 7.76. The number of nitrogens with zero attached hydrogens (tertiary/aromatic N) is 1. The van der Waals surface area contributed by atoms with Crippen LogP contribution in [-0.4, -0.2) is 29.0 Å². The van der Waals surface area contributed by atoms with Gasteiger partial charge in [0, 0.05) is 29.7 Å². The van der Waals surface area contributed by atoms with Crippen LogP contribution in [-0.2, 0) is 16.1 Å². The Labute approximate surface area is 151 Å². The van der Waals surface area contributed by atoms with Crippen molar-refractivity contribution in [1.82, 2.24) is 4.90 Å². The van der Waals surface area contributed by atoms with Gasteiger partial charge in [0.2, 0.25) is 11.8 Å². The molecule has 0 heterocycles. The molecule has 0 aliphatic heterocycles. The van der Waals surface area contributed by atoms with Gasteiger partial charge >= 0.3 is 0 Å². The van der Waals surface area contributed by atoms with E-state index in [9.17, 15) is 14.4 Å². The van der Waals surface area contributed by atoms with Crippen molar-refractivity contribution < 1.29 is 14.4 Å². The van der Waals surface area contributed by atoms with E-state index in [4.69, 9.17) is 11.6 Å². The maximum absolute atomic E-state index is 12.2. The number of amides is 2. The van der Waals surface area contributed by atoms with Gasteiger partial charge in [0.15, 0.2) is 5.78 Å². The highest BCUT2D eigenvalue weighted by molar-refractivity contribution is 6.30. The molecule has 130 valence electrons. The molecule has 2 rings (SSSR count). The zero-order valence-electron chi connectivity index (χ0n) is 14.1. The van der Waals surface area contributed by atoms with E-state index in [0.717, 1.165) is 5.56 Å². The highest BCUT2D eigenvalue weighted by atomic mass is 35.5. The standard InChI is InChI=1S/C19H19ClN2O3/c1-13(23)16-4-3-5-18(10-16)21-19(25)12-22(14(2)24)11-15-6-8-17(20)9-7-15/h3-10H,11-12H2,1-2H3,(H,21,25). The summed E-state index contributed by atoms with van der Waals surface area (Å²) < 4.78 is 0. The fourth-order valence-electron chi connectivity index (χ4n) is 2.28. The van der Waals surface area contributed by atoms with Gasteiger partial charge in [0.1, 0.15) is 6.54 Å². The van der Waals surface area contributed by atoms with Crippen molar-refractivity contribution in [2.24, 2.45) is 0 Å². The normalized spacial score (nSPS) is 10.2. The lowest BCUT2D eigenvalue weighted by Gasteiger charge is -2.20. The average Bonchev–Trinajstić information content (AvgIpc) is 2.56. The number of carbonyl (C=O) groups excluding carboxylic acids is 3. The van der Waals surface area contributed by atoms with Crippen LogP contribution in [0, 0.1) is 0 Å². The number of rotatable bonds is 6. The molecule has 0 atom stereocenters. The third kappa shape index (κ3) is 5.72. The predicted octanol–water partition coefficient (Wildman–Crippen LogP) is 3.53.